The monoisotopic (exact) mass is 288 g/mol. The zero-order valence-corrected chi connectivity index (χ0v) is 12.2. The summed E-state index contributed by atoms with van der Waals surface area (Å²) in [6.45, 7) is 1.80. The topological polar surface area (TPSA) is 55.0 Å². The molecule has 0 aliphatic carbocycles. The Labute approximate surface area is 124 Å². The summed E-state index contributed by atoms with van der Waals surface area (Å²) in [5.74, 6) is -0.335. The molecule has 2 heterocycles. The van der Waals surface area contributed by atoms with E-state index in [1.165, 1.54) is 12.3 Å². The second-order valence-corrected chi connectivity index (χ2v) is 5.17. The normalized spacial score (nSPS) is 12.6. The van der Waals surface area contributed by atoms with Crippen molar-refractivity contribution in [3.8, 4) is 0 Å². The van der Waals surface area contributed by atoms with Gasteiger partial charge in [0.2, 0.25) is 0 Å². The minimum absolute atomic E-state index is 0.164. The Morgan fingerprint density at radius 2 is 2.05 bits per heavy atom. The van der Waals surface area contributed by atoms with Gasteiger partial charge in [-0.05, 0) is 44.3 Å². The number of pyridine rings is 2. The Bertz CT molecular complexity index is 530. The van der Waals surface area contributed by atoms with Gasteiger partial charge < -0.3 is 10.6 Å². The van der Waals surface area contributed by atoms with Gasteiger partial charge in [0.15, 0.2) is 0 Å². The number of nitrogens with zero attached hydrogens (tertiary/aromatic N) is 3. The number of rotatable bonds is 7. The average molecular weight is 288 g/mol. The summed E-state index contributed by atoms with van der Waals surface area (Å²) < 4.78 is 12.8. The zero-order valence-electron chi connectivity index (χ0n) is 12.2. The lowest BCUT2D eigenvalue weighted by molar-refractivity contribution is 0.320. The van der Waals surface area contributed by atoms with Gasteiger partial charge in [-0.2, -0.15) is 0 Å². The van der Waals surface area contributed by atoms with Crippen LogP contribution < -0.4 is 5.73 Å². The van der Waals surface area contributed by atoms with E-state index in [4.69, 9.17) is 5.73 Å². The van der Waals surface area contributed by atoms with Crippen LogP contribution in [0.3, 0.4) is 0 Å². The number of nitrogens with two attached hydrogens (primary N) is 1. The van der Waals surface area contributed by atoms with Crippen molar-refractivity contribution < 1.29 is 4.39 Å². The maximum atomic E-state index is 12.8. The largest absolute Gasteiger partial charge is 0.323 e. The summed E-state index contributed by atoms with van der Waals surface area (Å²) >= 11 is 0. The molecule has 0 saturated heterocycles. The highest BCUT2D eigenvalue weighted by molar-refractivity contribution is 5.09. The van der Waals surface area contributed by atoms with Crippen molar-refractivity contribution in [2.75, 3.05) is 20.1 Å². The second-order valence-electron chi connectivity index (χ2n) is 5.17. The van der Waals surface area contributed by atoms with Gasteiger partial charge in [-0.25, -0.2) is 4.39 Å². The van der Waals surface area contributed by atoms with Crippen LogP contribution >= 0.6 is 0 Å². The van der Waals surface area contributed by atoms with E-state index in [0.717, 1.165) is 37.3 Å². The molecular formula is C16H21FN4. The predicted molar refractivity (Wildman–Crippen MR) is 81.2 cm³/mol. The molecule has 1 unspecified atom stereocenters. The van der Waals surface area contributed by atoms with Crippen LogP contribution in [0.2, 0.25) is 0 Å². The van der Waals surface area contributed by atoms with Crippen molar-refractivity contribution in [3.63, 3.8) is 0 Å². The molecule has 2 aromatic heterocycles. The molecule has 5 heteroatoms. The first kappa shape index (κ1) is 15.5. The van der Waals surface area contributed by atoms with Crippen LogP contribution in [0.15, 0.2) is 42.7 Å². The SMILES string of the molecule is CN(CCc1ccccn1)CCC(N)c1ccc(F)cn1. The Hall–Kier alpha value is -1.85. The Morgan fingerprint density at radius 1 is 1.19 bits per heavy atom. The third-order valence-electron chi connectivity index (χ3n) is 3.43. The van der Waals surface area contributed by atoms with Crippen LogP contribution in [-0.2, 0) is 6.42 Å². The molecule has 0 aliphatic heterocycles. The molecule has 0 aliphatic rings. The molecular weight excluding hydrogens is 267 g/mol. The lowest BCUT2D eigenvalue weighted by Gasteiger charge is -2.19. The van der Waals surface area contributed by atoms with Crippen LogP contribution in [0.4, 0.5) is 4.39 Å². The van der Waals surface area contributed by atoms with E-state index in [-0.39, 0.29) is 11.9 Å². The van der Waals surface area contributed by atoms with E-state index >= 15 is 0 Å². The molecule has 0 spiro atoms. The summed E-state index contributed by atoms with van der Waals surface area (Å²) in [7, 11) is 2.06. The minimum atomic E-state index is -0.335. The average Bonchev–Trinajstić information content (AvgIpc) is 2.52. The molecule has 0 aromatic carbocycles. The lowest BCUT2D eigenvalue weighted by Crippen LogP contribution is -2.26. The van der Waals surface area contributed by atoms with Gasteiger partial charge in [0, 0.05) is 30.9 Å². The number of halogens is 1. The Kier molecular flexibility index (Phi) is 5.78. The molecule has 1 atom stereocenters. The van der Waals surface area contributed by atoms with Gasteiger partial charge in [-0.3, -0.25) is 9.97 Å². The number of hydrogen-bond acceptors (Lipinski definition) is 4. The van der Waals surface area contributed by atoms with E-state index in [2.05, 4.69) is 21.9 Å². The summed E-state index contributed by atoms with van der Waals surface area (Å²) in [6, 6.07) is 8.83. The van der Waals surface area contributed by atoms with E-state index in [9.17, 15) is 4.39 Å². The highest BCUT2D eigenvalue weighted by Gasteiger charge is 2.09. The molecule has 2 N–H and O–H groups in total. The molecule has 2 aromatic rings. The van der Waals surface area contributed by atoms with Crippen LogP contribution in [-0.4, -0.2) is 35.0 Å². The zero-order chi connectivity index (χ0) is 15.1. The van der Waals surface area contributed by atoms with Crippen molar-refractivity contribution in [1.82, 2.24) is 14.9 Å². The van der Waals surface area contributed by atoms with Gasteiger partial charge in [0.25, 0.3) is 0 Å². The van der Waals surface area contributed by atoms with Crippen molar-refractivity contribution in [2.24, 2.45) is 5.73 Å². The van der Waals surface area contributed by atoms with Gasteiger partial charge in [-0.15, -0.1) is 0 Å². The van der Waals surface area contributed by atoms with Gasteiger partial charge in [0.05, 0.1) is 11.9 Å². The van der Waals surface area contributed by atoms with Crippen LogP contribution in [0, 0.1) is 5.82 Å². The first-order valence-electron chi connectivity index (χ1n) is 7.10. The van der Waals surface area contributed by atoms with Crippen molar-refractivity contribution in [2.45, 2.75) is 18.9 Å². The number of aromatic nitrogens is 2. The fourth-order valence-corrected chi connectivity index (χ4v) is 2.08. The first-order valence-corrected chi connectivity index (χ1v) is 7.10. The standard InChI is InChI=1S/C16H21FN4/c1-21(10-7-14-4-2-3-9-19-14)11-8-15(18)16-6-5-13(17)12-20-16/h2-6,9,12,15H,7-8,10-11,18H2,1H3. The summed E-state index contributed by atoms with van der Waals surface area (Å²) in [5.41, 5.74) is 7.90. The fourth-order valence-electron chi connectivity index (χ4n) is 2.08. The van der Waals surface area contributed by atoms with E-state index < -0.39 is 0 Å². The van der Waals surface area contributed by atoms with E-state index in [0.29, 0.717) is 0 Å². The molecule has 0 amide bonds. The maximum Gasteiger partial charge on any atom is 0.141 e. The van der Waals surface area contributed by atoms with E-state index in [1.807, 2.05) is 24.4 Å². The van der Waals surface area contributed by atoms with Crippen LogP contribution in [0.1, 0.15) is 23.9 Å². The molecule has 0 radical (unpaired) electrons. The van der Waals surface area contributed by atoms with Crippen LogP contribution in [0.5, 0.6) is 0 Å². The summed E-state index contributed by atoms with van der Waals surface area (Å²) in [6.07, 6.45) is 4.73. The van der Waals surface area contributed by atoms with Crippen LogP contribution in [0.25, 0.3) is 0 Å². The first-order chi connectivity index (χ1) is 10.1. The van der Waals surface area contributed by atoms with Gasteiger partial charge in [-0.1, -0.05) is 6.07 Å². The summed E-state index contributed by atoms with van der Waals surface area (Å²) in [4.78, 5) is 10.5. The van der Waals surface area contributed by atoms with E-state index in [1.54, 1.807) is 6.07 Å². The molecule has 0 fully saturated rings. The molecule has 21 heavy (non-hydrogen) atoms. The molecule has 112 valence electrons. The summed E-state index contributed by atoms with van der Waals surface area (Å²) in [5, 5.41) is 0. The van der Waals surface area contributed by atoms with Crippen molar-refractivity contribution in [1.29, 1.82) is 0 Å². The number of hydrogen-bond donors (Lipinski definition) is 1. The second kappa shape index (κ2) is 7.81. The molecule has 0 saturated carbocycles. The molecule has 0 bridgehead atoms. The quantitative estimate of drug-likeness (QED) is 0.848. The van der Waals surface area contributed by atoms with Crippen molar-refractivity contribution >= 4 is 0 Å². The molecule has 2 rings (SSSR count). The Morgan fingerprint density at radius 3 is 2.71 bits per heavy atom. The van der Waals surface area contributed by atoms with Crippen molar-refractivity contribution in [3.05, 3.63) is 59.9 Å². The third-order valence-corrected chi connectivity index (χ3v) is 3.43. The predicted octanol–water partition coefficient (Wildman–Crippen LogP) is 2.18. The van der Waals surface area contributed by atoms with Gasteiger partial charge in [0.1, 0.15) is 5.82 Å². The Balaban J connectivity index is 1.73. The fraction of sp³-hybridized carbons (Fsp3) is 0.375. The lowest BCUT2D eigenvalue weighted by atomic mass is 10.1. The molecule has 4 nitrogen and oxygen atoms in total. The third kappa shape index (κ3) is 5.21. The highest BCUT2D eigenvalue weighted by atomic mass is 19.1. The maximum absolute atomic E-state index is 12.8. The van der Waals surface area contributed by atoms with Gasteiger partial charge >= 0.3 is 0 Å². The highest BCUT2D eigenvalue weighted by Crippen LogP contribution is 2.12. The minimum Gasteiger partial charge on any atom is -0.323 e. The number of likely N-dealkylation sites (N-methyl/N-ethyl adjacent to an activating group) is 1. The smallest absolute Gasteiger partial charge is 0.141 e.